The normalized spacial score (nSPS) is 10.9. The van der Waals surface area contributed by atoms with Crippen molar-refractivity contribution in [2.24, 2.45) is 0 Å². The van der Waals surface area contributed by atoms with Crippen LogP contribution in [0.25, 0.3) is 11.6 Å². The van der Waals surface area contributed by atoms with Gasteiger partial charge < -0.3 is 5.11 Å². The zero-order valence-corrected chi connectivity index (χ0v) is 9.04. The molecule has 0 saturated carbocycles. The molecular formula is C14H10N2O. The number of nitrogens with zero attached hydrogens (tertiary/aromatic N) is 2. The molecule has 0 fully saturated rings. The lowest BCUT2D eigenvalue weighted by atomic mass is 10.1. The number of hydrogen-bond acceptors (Lipinski definition) is 3. The summed E-state index contributed by atoms with van der Waals surface area (Å²) >= 11 is 0. The second-order valence-corrected chi connectivity index (χ2v) is 3.50. The van der Waals surface area contributed by atoms with E-state index < -0.39 is 0 Å². The standard InChI is InChI=1S/C14H10N2O/c15-9-13(12-2-1-7-16-10-12)8-11-3-5-14(17)6-4-11/h1-8,10,17H. The minimum Gasteiger partial charge on any atom is -0.508 e. The van der Waals surface area contributed by atoms with E-state index >= 15 is 0 Å². The van der Waals surface area contributed by atoms with Gasteiger partial charge in [0.1, 0.15) is 5.75 Å². The third kappa shape index (κ3) is 2.70. The van der Waals surface area contributed by atoms with Crippen molar-refractivity contribution in [3.8, 4) is 11.8 Å². The molecule has 0 spiro atoms. The molecule has 17 heavy (non-hydrogen) atoms. The van der Waals surface area contributed by atoms with Gasteiger partial charge in [0.15, 0.2) is 0 Å². The zero-order valence-electron chi connectivity index (χ0n) is 9.04. The van der Waals surface area contributed by atoms with Gasteiger partial charge in [0.2, 0.25) is 0 Å². The Bertz CT molecular complexity index is 565. The van der Waals surface area contributed by atoms with Crippen molar-refractivity contribution in [3.63, 3.8) is 0 Å². The van der Waals surface area contributed by atoms with E-state index in [1.54, 1.807) is 48.8 Å². The van der Waals surface area contributed by atoms with E-state index in [2.05, 4.69) is 11.1 Å². The van der Waals surface area contributed by atoms with E-state index in [4.69, 9.17) is 10.4 Å². The molecule has 0 aliphatic heterocycles. The van der Waals surface area contributed by atoms with Crippen molar-refractivity contribution < 1.29 is 5.11 Å². The van der Waals surface area contributed by atoms with Gasteiger partial charge in [0, 0.05) is 18.0 Å². The number of nitriles is 1. The van der Waals surface area contributed by atoms with Gasteiger partial charge in [-0.3, -0.25) is 4.98 Å². The van der Waals surface area contributed by atoms with Gasteiger partial charge in [-0.1, -0.05) is 18.2 Å². The molecule has 0 bridgehead atoms. The predicted octanol–water partition coefficient (Wildman–Crippen LogP) is 2.85. The van der Waals surface area contributed by atoms with Crippen molar-refractivity contribution in [2.45, 2.75) is 0 Å². The van der Waals surface area contributed by atoms with Crippen LogP contribution in [0.4, 0.5) is 0 Å². The number of aromatic hydroxyl groups is 1. The molecular weight excluding hydrogens is 212 g/mol. The van der Waals surface area contributed by atoms with Crippen LogP contribution in [0.1, 0.15) is 11.1 Å². The molecule has 0 radical (unpaired) electrons. The second-order valence-electron chi connectivity index (χ2n) is 3.50. The lowest BCUT2D eigenvalue weighted by Gasteiger charge is -1.99. The Kier molecular flexibility index (Phi) is 3.18. The van der Waals surface area contributed by atoms with Crippen LogP contribution in [0.2, 0.25) is 0 Å². The Hall–Kier alpha value is -2.60. The summed E-state index contributed by atoms with van der Waals surface area (Å²) in [6, 6.07) is 12.4. The maximum absolute atomic E-state index is 9.17. The molecule has 1 N–H and O–H groups in total. The third-order valence-corrected chi connectivity index (χ3v) is 2.30. The fraction of sp³-hybridized carbons (Fsp3) is 0. The maximum atomic E-state index is 9.17. The molecule has 2 aromatic rings. The van der Waals surface area contributed by atoms with Crippen molar-refractivity contribution in [1.29, 1.82) is 5.26 Å². The van der Waals surface area contributed by atoms with E-state index in [0.29, 0.717) is 5.57 Å². The molecule has 0 aliphatic rings. The number of aromatic nitrogens is 1. The number of allylic oxidation sites excluding steroid dienone is 1. The van der Waals surface area contributed by atoms with E-state index in [1.165, 1.54) is 0 Å². The molecule has 0 unspecified atom stereocenters. The van der Waals surface area contributed by atoms with Crippen LogP contribution in [0, 0.1) is 11.3 Å². The Morgan fingerprint density at radius 1 is 1.24 bits per heavy atom. The molecule has 82 valence electrons. The van der Waals surface area contributed by atoms with Crippen molar-refractivity contribution in [1.82, 2.24) is 4.98 Å². The average Bonchev–Trinajstić information content (AvgIpc) is 2.39. The third-order valence-electron chi connectivity index (χ3n) is 2.30. The molecule has 3 heteroatoms. The summed E-state index contributed by atoms with van der Waals surface area (Å²) in [6.45, 7) is 0. The van der Waals surface area contributed by atoms with Crippen LogP contribution in [0.5, 0.6) is 5.75 Å². The fourth-order valence-electron chi connectivity index (χ4n) is 1.44. The fourth-order valence-corrected chi connectivity index (χ4v) is 1.44. The molecule has 2 rings (SSSR count). The van der Waals surface area contributed by atoms with Gasteiger partial charge >= 0.3 is 0 Å². The summed E-state index contributed by atoms with van der Waals surface area (Å²) in [6.07, 6.45) is 5.07. The van der Waals surface area contributed by atoms with Crippen molar-refractivity contribution in [2.75, 3.05) is 0 Å². The van der Waals surface area contributed by atoms with Crippen LogP contribution in [-0.2, 0) is 0 Å². The monoisotopic (exact) mass is 222 g/mol. The molecule has 0 amide bonds. The highest BCUT2D eigenvalue weighted by molar-refractivity contribution is 5.89. The van der Waals surface area contributed by atoms with Crippen LogP contribution >= 0.6 is 0 Å². The van der Waals surface area contributed by atoms with Gasteiger partial charge in [-0.25, -0.2) is 0 Å². The van der Waals surface area contributed by atoms with E-state index in [1.807, 2.05) is 6.07 Å². The van der Waals surface area contributed by atoms with Crippen LogP contribution < -0.4 is 0 Å². The Labute approximate surface area is 99.3 Å². The van der Waals surface area contributed by atoms with Gasteiger partial charge in [-0.2, -0.15) is 5.26 Å². The first kappa shape index (κ1) is 10.9. The van der Waals surface area contributed by atoms with Gasteiger partial charge in [0.25, 0.3) is 0 Å². The van der Waals surface area contributed by atoms with E-state index in [-0.39, 0.29) is 5.75 Å². The lowest BCUT2D eigenvalue weighted by Crippen LogP contribution is -1.82. The number of benzene rings is 1. The van der Waals surface area contributed by atoms with Crippen molar-refractivity contribution >= 4 is 11.6 Å². The summed E-state index contributed by atoms with van der Waals surface area (Å²) < 4.78 is 0. The zero-order chi connectivity index (χ0) is 12.1. The predicted molar refractivity (Wildman–Crippen MR) is 65.8 cm³/mol. The molecule has 3 nitrogen and oxygen atoms in total. The summed E-state index contributed by atoms with van der Waals surface area (Å²) in [4.78, 5) is 3.98. The Morgan fingerprint density at radius 3 is 2.59 bits per heavy atom. The smallest absolute Gasteiger partial charge is 0.115 e. The first-order chi connectivity index (χ1) is 8.29. The maximum Gasteiger partial charge on any atom is 0.115 e. The number of phenols is 1. The molecule has 0 saturated heterocycles. The quantitative estimate of drug-likeness (QED) is 0.795. The lowest BCUT2D eigenvalue weighted by molar-refractivity contribution is 0.475. The highest BCUT2D eigenvalue weighted by Gasteiger charge is 2.00. The van der Waals surface area contributed by atoms with Gasteiger partial charge in [-0.05, 0) is 29.8 Å². The highest BCUT2D eigenvalue weighted by Crippen LogP contribution is 2.18. The van der Waals surface area contributed by atoms with E-state index in [9.17, 15) is 0 Å². The van der Waals surface area contributed by atoms with E-state index in [0.717, 1.165) is 11.1 Å². The largest absolute Gasteiger partial charge is 0.508 e. The van der Waals surface area contributed by atoms with Crippen LogP contribution in [-0.4, -0.2) is 10.1 Å². The summed E-state index contributed by atoms with van der Waals surface area (Å²) in [5, 5.41) is 18.3. The summed E-state index contributed by atoms with van der Waals surface area (Å²) in [5.41, 5.74) is 2.19. The number of pyridine rings is 1. The molecule has 0 aliphatic carbocycles. The average molecular weight is 222 g/mol. The van der Waals surface area contributed by atoms with Gasteiger partial charge in [-0.15, -0.1) is 0 Å². The molecule has 1 aromatic carbocycles. The first-order valence-corrected chi connectivity index (χ1v) is 5.11. The molecule has 0 atom stereocenters. The number of phenolic OH excluding ortho intramolecular Hbond substituents is 1. The summed E-state index contributed by atoms with van der Waals surface area (Å²) in [5.74, 6) is 0.210. The van der Waals surface area contributed by atoms with Crippen LogP contribution in [0.15, 0.2) is 48.8 Å². The highest BCUT2D eigenvalue weighted by atomic mass is 16.3. The Morgan fingerprint density at radius 2 is 2.00 bits per heavy atom. The number of rotatable bonds is 2. The Balaban J connectivity index is 2.37. The second kappa shape index (κ2) is 4.95. The van der Waals surface area contributed by atoms with Crippen molar-refractivity contribution in [3.05, 3.63) is 59.9 Å². The minimum absolute atomic E-state index is 0.210. The minimum atomic E-state index is 0.210. The SMILES string of the molecule is N#CC(=Cc1ccc(O)cc1)c1cccnc1. The summed E-state index contributed by atoms with van der Waals surface area (Å²) in [7, 11) is 0. The van der Waals surface area contributed by atoms with Crippen LogP contribution in [0.3, 0.4) is 0 Å². The number of hydrogen-bond donors (Lipinski definition) is 1. The molecule has 1 aromatic heterocycles. The topological polar surface area (TPSA) is 56.9 Å². The molecule has 1 heterocycles. The first-order valence-electron chi connectivity index (χ1n) is 5.11. The van der Waals surface area contributed by atoms with Gasteiger partial charge in [0.05, 0.1) is 11.6 Å².